The van der Waals surface area contributed by atoms with Crippen molar-refractivity contribution in [2.75, 3.05) is 13.7 Å². The topological polar surface area (TPSA) is 128 Å². The van der Waals surface area contributed by atoms with Crippen LogP contribution in [0.2, 0.25) is 0 Å². The third kappa shape index (κ3) is 5.03. The van der Waals surface area contributed by atoms with Crippen molar-refractivity contribution in [3.05, 3.63) is 64.2 Å². The third-order valence-corrected chi connectivity index (χ3v) is 4.58. The van der Waals surface area contributed by atoms with Gasteiger partial charge in [0.1, 0.15) is 24.1 Å². The first-order valence-corrected chi connectivity index (χ1v) is 9.08. The summed E-state index contributed by atoms with van der Waals surface area (Å²) in [4.78, 5) is 36.2. The Morgan fingerprint density at radius 2 is 1.77 bits per heavy atom. The van der Waals surface area contributed by atoms with E-state index in [1.165, 1.54) is 24.3 Å². The number of likely N-dealkylation sites (tertiary alicyclic amines) is 1. The molecule has 1 saturated heterocycles. The third-order valence-electron chi connectivity index (χ3n) is 4.58. The minimum atomic E-state index is -0.996. The molecule has 1 heterocycles. The molecule has 10 heteroatoms. The predicted octanol–water partition coefficient (Wildman–Crippen LogP) is 2.28. The molecule has 2 aromatic rings. The number of hydrogen-bond donors (Lipinski definition) is 1. The quantitative estimate of drug-likeness (QED) is 0.431. The lowest BCUT2D eigenvalue weighted by atomic mass is 10.2. The molecule has 1 fully saturated rings. The van der Waals surface area contributed by atoms with Gasteiger partial charge in [-0.2, -0.15) is 0 Å². The minimum Gasteiger partial charge on any atom is -0.497 e. The maximum Gasteiger partial charge on any atom is 0.416 e. The zero-order valence-electron chi connectivity index (χ0n) is 16.1. The number of amides is 1. The Kier molecular flexibility index (Phi) is 6.48. The number of β-amino-alcohol motifs (C(OH)–C–C–N with tert-alkyl or cyclic N) is 1. The van der Waals surface area contributed by atoms with Crippen LogP contribution in [0.5, 0.6) is 11.5 Å². The number of esters is 1. The number of ether oxygens (including phenoxy) is 3. The summed E-state index contributed by atoms with van der Waals surface area (Å²) in [5.41, 5.74) is 0.592. The first kappa shape index (κ1) is 21.1. The molecule has 0 saturated carbocycles. The van der Waals surface area contributed by atoms with E-state index in [-0.39, 0.29) is 31.0 Å². The maximum atomic E-state index is 12.5. The highest BCUT2D eigenvalue weighted by atomic mass is 16.6. The van der Waals surface area contributed by atoms with Gasteiger partial charge in [0, 0.05) is 18.6 Å². The molecule has 0 aliphatic carbocycles. The van der Waals surface area contributed by atoms with Crippen molar-refractivity contribution in [1.29, 1.82) is 0 Å². The van der Waals surface area contributed by atoms with Gasteiger partial charge in [0.25, 0.3) is 5.69 Å². The number of rotatable bonds is 6. The number of nitrogens with zero attached hydrogens (tertiary/aromatic N) is 2. The molecule has 10 nitrogen and oxygen atoms in total. The van der Waals surface area contributed by atoms with Gasteiger partial charge in [-0.15, -0.1) is 0 Å². The molecular weight excluding hydrogens is 396 g/mol. The van der Waals surface area contributed by atoms with Crippen LogP contribution in [0.25, 0.3) is 0 Å². The monoisotopic (exact) mass is 416 g/mol. The molecule has 0 radical (unpaired) electrons. The van der Waals surface area contributed by atoms with Gasteiger partial charge in [0.15, 0.2) is 0 Å². The van der Waals surface area contributed by atoms with Crippen LogP contribution in [0.4, 0.5) is 10.5 Å². The highest BCUT2D eigenvalue weighted by molar-refractivity contribution is 5.83. The zero-order valence-corrected chi connectivity index (χ0v) is 16.1. The number of carbonyl (C=O) groups is 2. The summed E-state index contributed by atoms with van der Waals surface area (Å²) in [6, 6.07) is 10.9. The summed E-state index contributed by atoms with van der Waals surface area (Å²) in [5.74, 6) is 0.0875. The summed E-state index contributed by atoms with van der Waals surface area (Å²) in [6.45, 7) is -0.0885. The van der Waals surface area contributed by atoms with Gasteiger partial charge >= 0.3 is 12.1 Å². The van der Waals surface area contributed by atoms with Gasteiger partial charge in [0.05, 0.1) is 24.7 Å². The standard InChI is InChI=1S/C20H20N2O8/c1-28-16-6-2-13(3-7-16)12-29-19(24)18-10-15(23)11-21(18)20(25)30-17-8-4-14(5-9-17)22(26)27/h2-9,15,18,23H,10-12H2,1H3/t15-,18-/m0/s1. The van der Waals surface area contributed by atoms with Crippen LogP contribution in [0.15, 0.2) is 48.5 Å². The normalized spacial score (nSPS) is 18.0. The first-order chi connectivity index (χ1) is 14.4. The summed E-state index contributed by atoms with van der Waals surface area (Å²) in [5, 5.41) is 20.6. The molecule has 1 amide bonds. The van der Waals surface area contributed by atoms with Crippen molar-refractivity contribution >= 4 is 17.7 Å². The Morgan fingerprint density at radius 1 is 1.13 bits per heavy atom. The van der Waals surface area contributed by atoms with Crippen LogP contribution in [0, 0.1) is 10.1 Å². The lowest BCUT2D eigenvalue weighted by Gasteiger charge is -2.22. The van der Waals surface area contributed by atoms with E-state index in [2.05, 4.69) is 0 Å². The average Bonchev–Trinajstić information content (AvgIpc) is 3.14. The second-order valence-electron chi connectivity index (χ2n) is 6.63. The Labute approximate surface area is 171 Å². The fourth-order valence-electron chi connectivity index (χ4n) is 3.01. The molecule has 1 aliphatic heterocycles. The SMILES string of the molecule is COc1ccc(COC(=O)[C@@H]2C[C@H](O)CN2C(=O)Oc2ccc([N+](=O)[O-])cc2)cc1. The Bertz CT molecular complexity index is 913. The Morgan fingerprint density at radius 3 is 2.37 bits per heavy atom. The van der Waals surface area contributed by atoms with Crippen molar-refractivity contribution in [2.45, 2.75) is 25.2 Å². The first-order valence-electron chi connectivity index (χ1n) is 9.08. The van der Waals surface area contributed by atoms with Gasteiger partial charge in [-0.1, -0.05) is 12.1 Å². The summed E-state index contributed by atoms with van der Waals surface area (Å²) in [7, 11) is 1.55. The molecule has 2 atom stereocenters. The summed E-state index contributed by atoms with van der Waals surface area (Å²) >= 11 is 0. The van der Waals surface area contributed by atoms with Crippen LogP contribution in [-0.4, -0.2) is 52.8 Å². The lowest BCUT2D eigenvalue weighted by molar-refractivity contribution is -0.384. The number of carbonyl (C=O) groups excluding carboxylic acids is 2. The van der Waals surface area contributed by atoms with E-state index in [0.717, 1.165) is 10.5 Å². The average molecular weight is 416 g/mol. The molecule has 0 unspecified atom stereocenters. The number of methoxy groups -OCH3 is 1. The van der Waals surface area contributed by atoms with Crippen LogP contribution >= 0.6 is 0 Å². The summed E-state index contributed by atoms with van der Waals surface area (Å²) < 4.78 is 15.5. The van der Waals surface area contributed by atoms with E-state index in [9.17, 15) is 24.8 Å². The summed E-state index contributed by atoms with van der Waals surface area (Å²) in [6.07, 6.45) is -1.73. The van der Waals surface area contributed by atoms with Crippen molar-refractivity contribution in [1.82, 2.24) is 4.90 Å². The molecule has 0 aromatic heterocycles. The van der Waals surface area contributed by atoms with Gasteiger partial charge < -0.3 is 19.3 Å². The van der Waals surface area contributed by atoms with E-state index >= 15 is 0 Å². The smallest absolute Gasteiger partial charge is 0.416 e. The number of aliphatic hydroxyl groups is 1. The van der Waals surface area contributed by atoms with Crippen LogP contribution in [-0.2, 0) is 16.1 Å². The number of nitro groups is 1. The van der Waals surface area contributed by atoms with E-state index in [0.29, 0.717) is 5.75 Å². The van der Waals surface area contributed by atoms with Gasteiger partial charge in [-0.05, 0) is 29.8 Å². The molecule has 1 aliphatic rings. The number of hydrogen-bond acceptors (Lipinski definition) is 8. The fraction of sp³-hybridized carbons (Fsp3) is 0.300. The second kappa shape index (κ2) is 9.23. The predicted molar refractivity (Wildman–Crippen MR) is 103 cm³/mol. The van der Waals surface area contributed by atoms with Crippen molar-refractivity contribution in [3.63, 3.8) is 0 Å². The molecule has 1 N–H and O–H groups in total. The number of nitro benzene ring substituents is 1. The minimum absolute atomic E-state index is 0.000658. The Hall–Kier alpha value is -3.66. The van der Waals surface area contributed by atoms with Gasteiger partial charge in [0.2, 0.25) is 0 Å². The van der Waals surface area contributed by atoms with Crippen LogP contribution in [0.1, 0.15) is 12.0 Å². The highest BCUT2D eigenvalue weighted by Crippen LogP contribution is 2.23. The molecule has 2 aromatic carbocycles. The van der Waals surface area contributed by atoms with Crippen molar-refractivity contribution < 1.29 is 33.8 Å². The van der Waals surface area contributed by atoms with Crippen LogP contribution < -0.4 is 9.47 Å². The molecule has 0 bridgehead atoms. The molecule has 30 heavy (non-hydrogen) atoms. The highest BCUT2D eigenvalue weighted by Gasteiger charge is 2.41. The Balaban J connectivity index is 1.61. The molecule has 0 spiro atoms. The molecule has 3 rings (SSSR count). The van der Waals surface area contributed by atoms with Gasteiger partial charge in [-0.3, -0.25) is 15.0 Å². The number of aliphatic hydroxyl groups excluding tert-OH is 1. The molecule has 158 valence electrons. The largest absolute Gasteiger partial charge is 0.497 e. The van der Waals surface area contributed by atoms with Crippen molar-refractivity contribution in [2.24, 2.45) is 0 Å². The van der Waals surface area contributed by atoms with Gasteiger partial charge in [-0.25, -0.2) is 9.59 Å². The second-order valence-corrected chi connectivity index (χ2v) is 6.63. The van der Waals surface area contributed by atoms with E-state index in [1.807, 2.05) is 0 Å². The number of non-ortho nitro benzene ring substituents is 1. The van der Waals surface area contributed by atoms with E-state index < -0.39 is 29.1 Å². The lowest BCUT2D eigenvalue weighted by Crippen LogP contribution is -2.43. The van der Waals surface area contributed by atoms with E-state index in [1.54, 1.807) is 31.4 Å². The maximum absolute atomic E-state index is 12.5. The fourth-order valence-corrected chi connectivity index (χ4v) is 3.01. The van der Waals surface area contributed by atoms with Crippen molar-refractivity contribution in [3.8, 4) is 11.5 Å². The zero-order chi connectivity index (χ0) is 21.7. The number of benzene rings is 2. The van der Waals surface area contributed by atoms with E-state index in [4.69, 9.17) is 14.2 Å². The molecular formula is C20H20N2O8. The van der Waals surface area contributed by atoms with Crippen LogP contribution in [0.3, 0.4) is 0 Å².